The second kappa shape index (κ2) is 12.9. The minimum Gasteiger partial charge on any atom is -0.489 e. The van der Waals surface area contributed by atoms with E-state index in [2.05, 4.69) is 39.8 Å². The Morgan fingerprint density at radius 1 is 0.816 bits per heavy atom. The van der Waals surface area contributed by atoms with Gasteiger partial charge in [-0.05, 0) is 110 Å². The van der Waals surface area contributed by atoms with E-state index in [0.29, 0.717) is 42.0 Å². The Morgan fingerprint density at radius 2 is 1.51 bits per heavy atom. The van der Waals surface area contributed by atoms with Gasteiger partial charge in [-0.1, -0.05) is 11.1 Å². The molecule has 2 fully saturated rings. The Kier molecular flexibility index (Phi) is 8.71. The van der Waals surface area contributed by atoms with Gasteiger partial charge in [-0.25, -0.2) is 4.79 Å². The standard InChI is InChI=1S/C40H44O9/c1-25(7-12-34-38(3,4)47-34)16-20-42-28-10-9-27-15-19-40(46-31(27)23-28)48-35(39(5,6)49-40)13-8-26(2)17-21-44-37-29-11-14-36(41)45-33(29)24-32-30(37)18-22-43-32/h9-11,14-19,22-24,34-35H,7-8,12-13,20-21H2,1-6H3. The van der Waals surface area contributed by atoms with Crippen LogP contribution in [0.1, 0.15) is 72.8 Å². The molecule has 258 valence electrons. The van der Waals surface area contributed by atoms with Crippen LogP contribution in [0.2, 0.25) is 0 Å². The Balaban J connectivity index is 0.939. The number of furan rings is 1. The van der Waals surface area contributed by atoms with Gasteiger partial charge in [0.15, 0.2) is 0 Å². The number of epoxide rings is 1. The van der Waals surface area contributed by atoms with Gasteiger partial charge in [-0.15, -0.1) is 0 Å². The molecule has 9 heteroatoms. The van der Waals surface area contributed by atoms with Crippen molar-refractivity contribution in [2.45, 2.75) is 96.6 Å². The first-order valence-corrected chi connectivity index (χ1v) is 17.0. The van der Waals surface area contributed by atoms with E-state index in [-0.39, 0.29) is 11.7 Å². The van der Waals surface area contributed by atoms with Crippen LogP contribution in [0.3, 0.4) is 0 Å². The largest absolute Gasteiger partial charge is 0.489 e. The van der Waals surface area contributed by atoms with Crippen molar-refractivity contribution in [1.29, 1.82) is 0 Å². The quantitative estimate of drug-likeness (QED) is 0.0832. The molecule has 49 heavy (non-hydrogen) atoms. The van der Waals surface area contributed by atoms with Gasteiger partial charge in [0.05, 0.1) is 40.4 Å². The normalized spacial score (nSPS) is 24.0. The molecule has 3 aliphatic heterocycles. The average molecular weight is 669 g/mol. The van der Waals surface area contributed by atoms with Crippen molar-refractivity contribution in [3.05, 3.63) is 94.1 Å². The molecule has 9 nitrogen and oxygen atoms in total. The lowest BCUT2D eigenvalue weighted by molar-refractivity contribution is -0.270. The first-order chi connectivity index (χ1) is 23.4. The predicted octanol–water partition coefficient (Wildman–Crippen LogP) is 8.88. The van der Waals surface area contributed by atoms with Crippen molar-refractivity contribution in [2.75, 3.05) is 13.2 Å². The lowest BCUT2D eigenvalue weighted by atomic mass is 9.96. The van der Waals surface area contributed by atoms with Crippen LogP contribution >= 0.6 is 0 Å². The first-order valence-electron chi connectivity index (χ1n) is 17.0. The Morgan fingerprint density at radius 3 is 2.24 bits per heavy atom. The van der Waals surface area contributed by atoms with E-state index in [4.69, 9.17) is 37.3 Å². The zero-order chi connectivity index (χ0) is 34.4. The second-order valence-corrected chi connectivity index (χ2v) is 14.3. The molecule has 0 radical (unpaired) electrons. The number of rotatable bonds is 12. The summed E-state index contributed by atoms with van der Waals surface area (Å²) in [6.07, 6.45) is 13.3. The van der Waals surface area contributed by atoms with Crippen molar-refractivity contribution in [1.82, 2.24) is 0 Å². The third-order valence-electron chi connectivity index (χ3n) is 9.61. The zero-order valence-corrected chi connectivity index (χ0v) is 29.0. The number of benzene rings is 2. The topological polar surface area (TPSA) is 102 Å². The first kappa shape index (κ1) is 33.2. The maximum atomic E-state index is 11.8. The molecule has 3 atom stereocenters. The van der Waals surface area contributed by atoms with Crippen LogP contribution in [0.5, 0.6) is 17.2 Å². The van der Waals surface area contributed by atoms with E-state index in [1.165, 1.54) is 11.6 Å². The Bertz CT molecular complexity index is 2010. The molecular formula is C40H44O9. The fraction of sp³-hybridized carbons (Fsp3) is 0.425. The molecule has 2 aromatic carbocycles. The van der Waals surface area contributed by atoms with Gasteiger partial charge in [0, 0.05) is 29.8 Å². The third-order valence-corrected chi connectivity index (χ3v) is 9.61. The van der Waals surface area contributed by atoms with Gasteiger partial charge in [-0.2, -0.15) is 0 Å². The molecule has 0 N–H and O–H groups in total. The Labute approximate surface area is 286 Å². The average Bonchev–Trinajstić information content (AvgIpc) is 3.31. The van der Waals surface area contributed by atoms with Gasteiger partial charge in [0.2, 0.25) is 0 Å². The van der Waals surface area contributed by atoms with E-state index in [9.17, 15) is 4.79 Å². The summed E-state index contributed by atoms with van der Waals surface area (Å²) in [7, 11) is 0. The highest BCUT2D eigenvalue weighted by atomic mass is 16.9. The molecular weight excluding hydrogens is 624 g/mol. The van der Waals surface area contributed by atoms with Crippen molar-refractivity contribution in [2.24, 2.45) is 0 Å². The number of hydrogen-bond donors (Lipinski definition) is 0. The van der Waals surface area contributed by atoms with Gasteiger partial charge >= 0.3 is 11.6 Å². The summed E-state index contributed by atoms with van der Waals surface area (Å²) in [4.78, 5) is 11.8. The molecule has 4 aromatic rings. The highest BCUT2D eigenvalue weighted by Gasteiger charge is 2.54. The number of ether oxygens (including phenoxy) is 6. The smallest absolute Gasteiger partial charge is 0.350 e. The summed E-state index contributed by atoms with van der Waals surface area (Å²) in [5.41, 5.74) is 3.41. The van der Waals surface area contributed by atoms with Crippen LogP contribution in [-0.2, 0) is 14.2 Å². The summed E-state index contributed by atoms with van der Waals surface area (Å²) >= 11 is 0. The summed E-state index contributed by atoms with van der Waals surface area (Å²) in [6, 6.07) is 12.5. The van der Waals surface area contributed by atoms with Gasteiger partial charge in [0.1, 0.15) is 41.6 Å². The highest BCUT2D eigenvalue weighted by molar-refractivity contribution is 6.01. The molecule has 3 unspecified atom stereocenters. The van der Waals surface area contributed by atoms with E-state index in [1.54, 1.807) is 18.4 Å². The van der Waals surface area contributed by atoms with Crippen LogP contribution in [0, 0.1) is 0 Å². The number of fused-ring (bicyclic) bond motifs is 3. The van der Waals surface area contributed by atoms with Crippen LogP contribution in [0.15, 0.2) is 91.7 Å². The maximum Gasteiger partial charge on any atom is 0.350 e. The van der Waals surface area contributed by atoms with E-state index >= 15 is 0 Å². The Hall–Kier alpha value is -4.31. The summed E-state index contributed by atoms with van der Waals surface area (Å²) in [5, 5.41) is 1.54. The van der Waals surface area contributed by atoms with Gasteiger partial charge in [0.25, 0.3) is 0 Å². The lowest BCUT2D eigenvalue weighted by Gasteiger charge is -2.30. The minimum atomic E-state index is -1.31. The molecule has 0 amide bonds. The fourth-order valence-electron chi connectivity index (χ4n) is 6.50. The van der Waals surface area contributed by atoms with Crippen LogP contribution in [0.25, 0.3) is 28.0 Å². The summed E-state index contributed by atoms with van der Waals surface area (Å²) in [6.45, 7) is 13.4. The molecule has 2 aromatic heterocycles. The monoisotopic (exact) mass is 668 g/mol. The van der Waals surface area contributed by atoms with E-state index < -0.39 is 17.2 Å². The van der Waals surface area contributed by atoms with Crippen LogP contribution in [0.4, 0.5) is 0 Å². The second-order valence-electron chi connectivity index (χ2n) is 14.3. The predicted molar refractivity (Wildman–Crippen MR) is 187 cm³/mol. The van der Waals surface area contributed by atoms with Crippen molar-refractivity contribution in [3.63, 3.8) is 0 Å². The van der Waals surface area contributed by atoms with Crippen molar-refractivity contribution in [3.8, 4) is 17.2 Å². The van der Waals surface area contributed by atoms with E-state index in [0.717, 1.165) is 53.3 Å². The van der Waals surface area contributed by atoms with Crippen LogP contribution < -0.4 is 19.8 Å². The van der Waals surface area contributed by atoms with Gasteiger partial charge < -0.3 is 37.3 Å². The maximum absolute atomic E-state index is 11.8. The minimum absolute atomic E-state index is 0.0251. The number of allylic oxidation sites excluding steroid dienone is 2. The molecule has 0 aliphatic carbocycles. The molecule has 0 bridgehead atoms. The zero-order valence-electron chi connectivity index (χ0n) is 29.0. The summed E-state index contributed by atoms with van der Waals surface area (Å²) < 4.78 is 48.2. The van der Waals surface area contributed by atoms with E-state index in [1.807, 2.05) is 50.3 Å². The molecule has 7 rings (SSSR count). The molecule has 3 aliphatic rings. The number of hydrogen-bond acceptors (Lipinski definition) is 9. The van der Waals surface area contributed by atoms with Crippen molar-refractivity contribution >= 4 is 28.0 Å². The molecule has 1 spiro atoms. The SMILES string of the molecule is CC(=CCOc1ccc2c(c1)OC1(C=C2)OC(CCC(C)=CCOc2c3ccoc3cc3oc(=O)ccc23)C(C)(C)O1)CCC1OC1(C)C. The fourth-order valence-corrected chi connectivity index (χ4v) is 6.50. The highest BCUT2D eigenvalue weighted by Crippen LogP contribution is 2.45. The lowest BCUT2D eigenvalue weighted by Crippen LogP contribution is -2.38. The summed E-state index contributed by atoms with van der Waals surface area (Å²) in [5.74, 6) is 0.681. The van der Waals surface area contributed by atoms with Crippen molar-refractivity contribution < 1.29 is 37.3 Å². The molecule has 5 heterocycles. The molecule has 0 saturated carbocycles. The van der Waals surface area contributed by atoms with Crippen LogP contribution in [-0.4, -0.2) is 42.6 Å². The third kappa shape index (κ3) is 7.20. The van der Waals surface area contributed by atoms with Gasteiger partial charge in [-0.3, -0.25) is 0 Å². The molecule has 2 saturated heterocycles.